The largest absolute Gasteiger partial charge is 0.497 e. The van der Waals surface area contributed by atoms with Crippen molar-refractivity contribution in [2.75, 3.05) is 25.6 Å². The zero-order valence-corrected chi connectivity index (χ0v) is 20.2. The minimum absolute atomic E-state index is 0.0771. The van der Waals surface area contributed by atoms with Gasteiger partial charge in [-0.1, -0.05) is 36.3 Å². The predicted octanol–water partition coefficient (Wildman–Crippen LogP) is 4.87. The van der Waals surface area contributed by atoms with Gasteiger partial charge in [0.2, 0.25) is 5.82 Å². The molecule has 4 aromatic rings. The fourth-order valence-electron chi connectivity index (χ4n) is 3.24. The van der Waals surface area contributed by atoms with Crippen molar-refractivity contribution in [3.63, 3.8) is 0 Å². The van der Waals surface area contributed by atoms with Crippen LogP contribution in [0.25, 0.3) is 22.2 Å². The molecule has 172 valence electrons. The molecule has 10 heteroatoms. The lowest BCUT2D eigenvalue weighted by molar-refractivity contribution is 0.394. The molecule has 2 heterocycles. The van der Waals surface area contributed by atoms with Crippen LogP contribution in [0.4, 0.5) is 5.69 Å². The van der Waals surface area contributed by atoms with Crippen LogP contribution in [-0.4, -0.2) is 39.8 Å². The van der Waals surface area contributed by atoms with Crippen molar-refractivity contribution in [1.82, 2.24) is 10.1 Å². The van der Waals surface area contributed by atoms with Crippen LogP contribution >= 0.6 is 11.3 Å². The maximum Gasteiger partial charge on any atom is 0.269 e. The third-order valence-electron chi connectivity index (χ3n) is 5.21. The average molecular weight is 486 g/mol. The first kappa shape index (κ1) is 22.8. The Morgan fingerprint density at radius 2 is 1.70 bits per heavy atom. The smallest absolute Gasteiger partial charge is 0.269 e. The zero-order valence-electron chi connectivity index (χ0n) is 18.6. The number of sulfonamides is 1. The van der Waals surface area contributed by atoms with Gasteiger partial charge in [-0.05, 0) is 23.4 Å². The van der Waals surface area contributed by atoms with E-state index in [0.29, 0.717) is 27.9 Å². The van der Waals surface area contributed by atoms with Gasteiger partial charge in [0.1, 0.15) is 21.3 Å². The third kappa shape index (κ3) is 4.44. The Morgan fingerprint density at radius 1 is 1.03 bits per heavy atom. The summed E-state index contributed by atoms with van der Waals surface area (Å²) < 4.78 is 44.1. The van der Waals surface area contributed by atoms with Crippen molar-refractivity contribution in [3.05, 3.63) is 59.5 Å². The molecule has 0 saturated heterocycles. The van der Waals surface area contributed by atoms with Crippen molar-refractivity contribution < 1.29 is 22.4 Å². The molecule has 0 atom stereocenters. The maximum atomic E-state index is 13.5. The molecule has 8 nitrogen and oxygen atoms in total. The number of ether oxygens (including phenoxy) is 2. The monoisotopic (exact) mass is 485 g/mol. The lowest BCUT2D eigenvalue weighted by Gasteiger charge is -2.20. The van der Waals surface area contributed by atoms with Gasteiger partial charge in [-0.3, -0.25) is 4.31 Å². The van der Waals surface area contributed by atoms with E-state index in [2.05, 4.69) is 17.1 Å². The highest BCUT2D eigenvalue weighted by Crippen LogP contribution is 2.37. The maximum absolute atomic E-state index is 13.5. The molecule has 33 heavy (non-hydrogen) atoms. The number of aromatic nitrogens is 2. The van der Waals surface area contributed by atoms with Crippen LogP contribution in [-0.2, 0) is 16.4 Å². The van der Waals surface area contributed by atoms with Crippen molar-refractivity contribution >= 4 is 27.0 Å². The lowest BCUT2D eigenvalue weighted by atomic mass is 10.1. The highest BCUT2D eigenvalue weighted by Gasteiger charge is 2.29. The van der Waals surface area contributed by atoms with Crippen LogP contribution in [0, 0.1) is 0 Å². The Kier molecular flexibility index (Phi) is 6.39. The lowest BCUT2D eigenvalue weighted by Crippen LogP contribution is -2.26. The van der Waals surface area contributed by atoms with Crippen molar-refractivity contribution in [2.24, 2.45) is 0 Å². The van der Waals surface area contributed by atoms with Gasteiger partial charge in [-0.2, -0.15) is 4.98 Å². The second-order valence-electron chi connectivity index (χ2n) is 7.13. The third-order valence-corrected chi connectivity index (χ3v) is 8.07. The Morgan fingerprint density at radius 3 is 2.30 bits per heavy atom. The molecular formula is C23H23N3O5S2. The van der Waals surface area contributed by atoms with E-state index < -0.39 is 10.0 Å². The summed E-state index contributed by atoms with van der Waals surface area (Å²) in [7, 11) is 0.549. The first-order valence-corrected chi connectivity index (χ1v) is 12.4. The summed E-state index contributed by atoms with van der Waals surface area (Å²) in [6.45, 7) is 2.08. The fourth-order valence-corrected chi connectivity index (χ4v) is 5.73. The predicted molar refractivity (Wildman–Crippen MR) is 128 cm³/mol. The number of aryl methyl sites for hydroxylation is 1. The first-order chi connectivity index (χ1) is 15.9. The zero-order chi connectivity index (χ0) is 23.6. The van der Waals surface area contributed by atoms with Gasteiger partial charge in [-0.15, -0.1) is 11.3 Å². The molecule has 0 aliphatic carbocycles. The van der Waals surface area contributed by atoms with E-state index in [-0.39, 0.29) is 10.8 Å². The van der Waals surface area contributed by atoms with Gasteiger partial charge in [0.25, 0.3) is 15.9 Å². The molecule has 0 N–H and O–H groups in total. The molecule has 0 amide bonds. The first-order valence-electron chi connectivity index (χ1n) is 10.1. The molecule has 0 bridgehead atoms. The van der Waals surface area contributed by atoms with Gasteiger partial charge in [0.05, 0.1) is 19.9 Å². The van der Waals surface area contributed by atoms with Gasteiger partial charge in [0.15, 0.2) is 0 Å². The Bertz CT molecular complexity index is 1340. The molecule has 0 spiro atoms. The molecule has 0 saturated carbocycles. The van der Waals surface area contributed by atoms with E-state index in [1.807, 2.05) is 24.3 Å². The average Bonchev–Trinajstić information content (AvgIpc) is 3.53. The number of hydrogen-bond donors (Lipinski definition) is 0. The highest BCUT2D eigenvalue weighted by atomic mass is 32.2. The topological polar surface area (TPSA) is 94.8 Å². The standard InChI is InChI=1S/C23H23N3O5S2/c1-5-15-6-8-16(9-7-15)22-24-23(31-25-22)21-20(10-11-32-21)33(27,28)26(2)17-12-18(29-3)14-19(13-17)30-4/h6-14H,5H2,1-4H3. The second-order valence-corrected chi connectivity index (χ2v) is 9.98. The van der Waals surface area contributed by atoms with E-state index in [1.54, 1.807) is 23.6 Å². The molecule has 0 unspecified atom stereocenters. The molecule has 0 radical (unpaired) electrons. The van der Waals surface area contributed by atoms with Crippen LogP contribution < -0.4 is 13.8 Å². The molecule has 0 fully saturated rings. The fraction of sp³-hybridized carbons (Fsp3) is 0.217. The Balaban J connectivity index is 1.69. The molecule has 2 aromatic carbocycles. The minimum atomic E-state index is -3.94. The van der Waals surface area contributed by atoms with E-state index in [9.17, 15) is 8.42 Å². The molecule has 4 rings (SSSR count). The molecular weight excluding hydrogens is 462 g/mol. The Labute approximate surface area is 196 Å². The van der Waals surface area contributed by atoms with Crippen molar-refractivity contribution in [3.8, 4) is 33.7 Å². The molecule has 2 aromatic heterocycles. The summed E-state index contributed by atoms with van der Waals surface area (Å²) in [6.07, 6.45) is 0.931. The minimum Gasteiger partial charge on any atom is -0.497 e. The number of methoxy groups -OCH3 is 2. The van der Waals surface area contributed by atoms with Crippen molar-refractivity contribution in [2.45, 2.75) is 18.2 Å². The second kappa shape index (κ2) is 9.24. The van der Waals surface area contributed by atoms with Crippen LogP contribution in [0.2, 0.25) is 0 Å². The van der Waals surface area contributed by atoms with Gasteiger partial charge >= 0.3 is 0 Å². The van der Waals surface area contributed by atoms with E-state index in [4.69, 9.17) is 14.0 Å². The van der Waals surface area contributed by atoms with Gasteiger partial charge < -0.3 is 14.0 Å². The van der Waals surface area contributed by atoms with Crippen LogP contribution in [0.5, 0.6) is 11.5 Å². The van der Waals surface area contributed by atoms with Crippen LogP contribution in [0.15, 0.2) is 63.3 Å². The number of hydrogen-bond acceptors (Lipinski definition) is 8. The molecule has 0 aliphatic rings. The number of nitrogens with zero attached hydrogens (tertiary/aromatic N) is 3. The summed E-state index contributed by atoms with van der Waals surface area (Å²) >= 11 is 1.22. The van der Waals surface area contributed by atoms with Gasteiger partial charge in [-0.25, -0.2) is 8.42 Å². The summed E-state index contributed by atoms with van der Waals surface area (Å²) in [5.41, 5.74) is 2.39. The van der Waals surface area contributed by atoms with Gasteiger partial charge in [0, 0.05) is 30.8 Å². The van der Waals surface area contributed by atoms with E-state index in [1.165, 1.54) is 48.5 Å². The highest BCUT2D eigenvalue weighted by molar-refractivity contribution is 7.93. The number of anilines is 1. The SMILES string of the molecule is CCc1ccc(-c2noc(-c3sccc3S(=O)(=O)N(C)c3cc(OC)cc(OC)c3)n2)cc1. The summed E-state index contributed by atoms with van der Waals surface area (Å²) in [5, 5.41) is 5.73. The van der Waals surface area contributed by atoms with Crippen LogP contribution in [0.3, 0.4) is 0 Å². The summed E-state index contributed by atoms with van der Waals surface area (Å²) in [5.74, 6) is 1.50. The number of benzene rings is 2. The number of rotatable bonds is 8. The quantitative estimate of drug-likeness (QED) is 0.351. The summed E-state index contributed by atoms with van der Waals surface area (Å²) in [6, 6.07) is 14.3. The number of thiophene rings is 1. The van der Waals surface area contributed by atoms with E-state index in [0.717, 1.165) is 12.0 Å². The van der Waals surface area contributed by atoms with E-state index >= 15 is 0 Å². The van der Waals surface area contributed by atoms with Crippen molar-refractivity contribution in [1.29, 1.82) is 0 Å². The molecule has 0 aliphatic heterocycles. The normalized spacial score (nSPS) is 11.4. The Hall–Kier alpha value is -3.37. The summed E-state index contributed by atoms with van der Waals surface area (Å²) in [4.78, 5) is 4.90. The van der Waals surface area contributed by atoms with Crippen LogP contribution in [0.1, 0.15) is 12.5 Å².